The molecule has 2 aliphatic heterocycles. The molecule has 4 rings (SSSR count). The van der Waals surface area contributed by atoms with E-state index in [1.807, 2.05) is 0 Å². The average Bonchev–Trinajstić information content (AvgIpc) is 3.14. The fourth-order valence-corrected chi connectivity index (χ4v) is 4.19. The molecule has 33 heavy (non-hydrogen) atoms. The van der Waals surface area contributed by atoms with E-state index in [0.29, 0.717) is 5.57 Å². The summed E-state index contributed by atoms with van der Waals surface area (Å²) in [4.78, 5) is 12.3. The molecule has 1 saturated heterocycles. The van der Waals surface area contributed by atoms with Crippen LogP contribution in [-0.2, 0) is 18.9 Å². The summed E-state index contributed by atoms with van der Waals surface area (Å²) in [5.41, 5.74) is 0.746. The molecule has 0 radical (unpaired) electrons. The SMILES string of the molecule is O=C(OCC1=C[C@@H](O)[C@@H]2C=CO[C@@H](O[C@H]3O[C@@H](CO)[C@H](O)[C@@H](O)[C@@H]3O)[C@H]12)c1ccc(O)cc1. The van der Waals surface area contributed by atoms with Crippen LogP contribution in [0.2, 0.25) is 0 Å². The summed E-state index contributed by atoms with van der Waals surface area (Å²) >= 11 is 0. The van der Waals surface area contributed by atoms with Gasteiger partial charge in [0.05, 0.1) is 30.5 Å². The molecule has 6 N–H and O–H groups in total. The summed E-state index contributed by atoms with van der Waals surface area (Å²) in [6, 6.07) is 5.54. The number of rotatable bonds is 6. The van der Waals surface area contributed by atoms with Crippen LogP contribution in [0.3, 0.4) is 0 Å². The van der Waals surface area contributed by atoms with Crippen LogP contribution in [0.1, 0.15) is 10.4 Å². The van der Waals surface area contributed by atoms with Crippen molar-refractivity contribution in [2.45, 2.75) is 43.1 Å². The third-order valence-electron chi connectivity index (χ3n) is 6.02. The fraction of sp³-hybridized carbons (Fsp3) is 0.500. The monoisotopic (exact) mass is 466 g/mol. The van der Waals surface area contributed by atoms with Gasteiger partial charge in [0.25, 0.3) is 0 Å². The lowest BCUT2D eigenvalue weighted by molar-refractivity contribution is -0.339. The predicted octanol–water partition coefficient (Wildman–Crippen LogP) is -1.23. The molecular formula is C22H26O11. The number of fused-ring (bicyclic) bond motifs is 1. The van der Waals surface area contributed by atoms with Gasteiger partial charge in [0.2, 0.25) is 6.29 Å². The second kappa shape index (κ2) is 9.77. The number of esters is 1. The van der Waals surface area contributed by atoms with Crippen molar-refractivity contribution in [3.05, 3.63) is 53.8 Å². The number of aromatic hydroxyl groups is 1. The van der Waals surface area contributed by atoms with Crippen molar-refractivity contribution in [2.75, 3.05) is 13.2 Å². The maximum Gasteiger partial charge on any atom is 0.338 e. The highest BCUT2D eigenvalue weighted by molar-refractivity contribution is 5.89. The Morgan fingerprint density at radius 2 is 1.73 bits per heavy atom. The van der Waals surface area contributed by atoms with Gasteiger partial charge >= 0.3 is 5.97 Å². The molecule has 2 heterocycles. The average molecular weight is 466 g/mol. The van der Waals surface area contributed by atoms with E-state index in [9.17, 15) is 35.4 Å². The normalized spacial score (nSPS) is 37.7. The van der Waals surface area contributed by atoms with Crippen molar-refractivity contribution in [1.29, 1.82) is 0 Å². The summed E-state index contributed by atoms with van der Waals surface area (Å²) in [5, 5.41) is 59.4. The van der Waals surface area contributed by atoms with Crippen LogP contribution < -0.4 is 0 Å². The Bertz CT molecular complexity index is 896. The number of hydrogen-bond donors (Lipinski definition) is 6. The first-order valence-electron chi connectivity index (χ1n) is 10.4. The zero-order valence-electron chi connectivity index (χ0n) is 17.4. The van der Waals surface area contributed by atoms with Gasteiger partial charge in [-0.15, -0.1) is 0 Å². The number of aliphatic hydroxyl groups excluding tert-OH is 5. The molecule has 0 spiro atoms. The van der Waals surface area contributed by atoms with Gasteiger partial charge in [-0.05, 0) is 35.9 Å². The number of phenolic OH excluding ortho intramolecular Hbond substituents is 1. The Hall–Kier alpha value is -2.51. The van der Waals surface area contributed by atoms with E-state index >= 15 is 0 Å². The van der Waals surface area contributed by atoms with Crippen LogP contribution in [0.5, 0.6) is 5.75 Å². The minimum absolute atomic E-state index is 0.00957. The summed E-state index contributed by atoms with van der Waals surface area (Å²) in [6.45, 7) is -0.789. The van der Waals surface area contributed by atoms with Crippen molar-refractivity contribution in [3.63, 3.8) is 0 Å². The Morgan fingerprint density at radius 3 is 2.42 bits per heavy atom. The Balaban J connectivity index is 1.45. The molecular weight excluding hydrogens is 440 g/mol. The number of hydrogen-bond acceptors (Lipinski definition) is 11. The lowest BCUT2D eigenvalue weighted by Crippen LogP contribution is -2.60. The fourth-order valence-electron chi connectivity index (χ4n) is 4.19. The second-order valence-corrected chi connectivity index (χ2v) is 8.12. The van der Waals surface area contributed by atoms with Gasteiger partial charge in [0, 0.05) is 5.92 Å². The van der Waals surface area contributed by atoms with Crippen molar-refractivity contribution in [1.82, 2.24) is 0 Å². The third-order valence-corrected chi connectivity index (χ3v) is 6.02. The zero-order chi connectivity index (χ0) is 23.7. The quantitative estimate of drug-likeness (QED) is 0.219. The molecule has 1 aliphatic carbocycles. The van der Waals surface area contributed by atoms with Crippen molar-refractivity contribution < 1.29 is 54.4 Å². The van der Waals surface area contributed by atoms with E-state index in [-0.39, 0.29) is 17.9 Å². The molecule has 0 amide bonds. The minimum Gasteiger partial charge on any atom is -0.508 e. The molecule has 11 heteroatoms. The van der Waals surface area contributed by atoms with Crippen LogP contribution in [0.15, 0.2) is 48.3 Å². The van der Waals surface area contributed by atoms with E-state index in [1.165, 1.54) is 36.6 Å². The third kappa shape index (κ3) is 4.75. The van der Waals surface area contributed by atoms with Crippen molar-refractivity contribution in [3.8, 4) is 5.75 Å². The highest BCUT2D eigenvalue weighted by atomic mass is 16.8. The topological polar surface area (TPSA) is 175 Å². The van der Waals surface area contributed by atoms with Crippen LogP contribution >= 0.6 is 0 Å². The summed E-state index contributed by atoms with van der Waals surface area (Å²) < 4.78 is 22.0. The maximum absolute atomic E-state index is 12.3. The second-order valence-electron chi connectivity index (χ2n) is 8.12. The largest absolute Gasteiger partial charge is 0.508 e. The number of phenols is 1. The van der Waals surface area contributed by atoms with Crippen LogP contribution in [0.25, 0.3) is 0 Å². The van der Waals surface area contributed by atoms with E-state index < -0.39 is 67.5 Å². The van der Waals surface area contributed by atoms with Crippen LogP contribution in [-0.4, -0.2) is 92.9 Å². The zero-order valence-corrected chi connectivity index (χ0v) is 17.4. The molecule has 0 aromatic heterocycles. The van der Waals surface area contributed by atoms with Crippen molar-refractivity contribution in [2.24, 2.45) is 11.8 Å². The van der Waals surface area contributed by atoms with Crippen molar-refractivity contribution >= 4 is 5.97 Å². The van der Waals surface area contributed by atoms with Gasteiger partial charge in [0.15, 0.2) is 6.29 Å². The molecule has 180 valence electrons. The number of aliphatic hydroxyl groups is 5. The van der Waals surface area contributed by atoms with E-state index in [0.717, 1.165) is 0 Å². The highest BCUT2D eigenvalue weighted by Crippen LogP contribution is 2.41. The summed E-state index contributed by atoms with van der Waals surface area (Å²) in [5.74, 6) is -1.69. The van der Waals surface area contributed by atoms with Gasteiger partial charge < -0.3 is 49.6 Å². The molecule has 0 saturated carbocycles. The summed E-state index contributed by atoms with van der Waals surface area (Å²) in [6.07, 6.45) is -4.86. The van der Waals surface area contributed by atoms with Gasteiger partial charge in [-0.2, -0.15) is 0 Å². The van der Waals surface area contributed by atoms with E-state index in [2.05, 4.69) is 0 Å². The molecule has 0 unspecified atom stereocenters. The molecule has 9 atom stereocenters. The van der Waals surface area contributed by atoms with Crippen LogP contribution in [0, 0.1) is 11.8 Å². The van der Waals surface area contributed by atoms with Gasteiger partial charge in [-0.25, -0.2) is 4.79 Å². The maximum atomic E-state index is 12.3. The number of ether oxygens (including phenoxy) is 4. The number of benzene rings is 1. The van der Waals surface area contributed by atoms with E-state index in [4.69, 9.17) is 18.9 Å². The van der Waals surface area contributed by atoms with Gasteiger partial charge in [0.1, 0.15) is 36.8 Å². The van der Waals surface area contributed by atoms with Crippen LogP contribution in [0.4, 0.5) is 0 Å². The first-order chi connectivity index (χ1) is 15.8. The lowest BCUT2D eigenvalue weighted by atomic mass is 9.88. The molecule has 3 aliphatic rings. The number of carbonyl (C=O) groups excluding carboxylic acids is 1. The Kier molecular flexibility index (Phi) is 7.00. The van der Waals surface area contributed by atoms with Gasteiger partial charge in [-0.1, -0.05) is 6.08 Å². The van der Waals surface area contributed by atoms with E-state index in [1.54, 1.807) is 6.08 Å². The molecule has 1 aromatic rings. The number of carbonyl (C=O) groups is 1. The molecule has 11 nitrogen and oxygen atoms in total. The molecule has 0 bridgehead atoms. The summed E-state index contributed by atoms with van der Waals surface area (Å²) in [7, 11) is 0. The lowest BCUT2D eigenvalue weighted by Gasteiger charge is -2.42. The first-order valence-corrected chi connectivity index (χ1v) is 10.4. The van der Waals surface area contributed by atoms with Gasteiger partial charge in [-0.3, -0.25) is 0 Å². The minimum atomic E-state index is -1.62. The predicted molar refractivity (Wildman–Crippen MR) is 108 cm³/mol. The first kappa shape index (κ1) is 23.6. The highest BCUT2D eigenvalue weighted by Gasteiger charge is 2.49. The Labute approximate surface area is 188 Å². The molecule has 1 aromatic carbocycles. The smallest absolute Gasteiger partial charge is 0.338 e. The Morgan fingerprint density at radius 1 is 1.00 bits per heavy atom. The molecule has 1 fully saturated rings. The standard InChI is InChI=1S/C22H26O11/c23-8-15-17(26)18(27)19(28)22(32-15)33-21-16-11(7-14(25)13(16)5-6-30-21)9-31-20(29)10-1-3-12(24)4-2-10/h1-7,13-19,21-28H,8-9H2/t13-,14+,15-,16+,17-,18+,19-,21-,22+/m0/s1.